The third kappa shape index (κ3) is 1.81. The van der Waals surface area contributed by atoms with Gasteiger partial charge in [0.1, 0.15) is 0 Å². The minimum absolute atomic E-state index is 0.616. The molecule has 18 heavy (non-hydrogen) atoms. The highest BCUT2D eigenvalue weighted by molar-refractivity contribution is 6.08. The van der Waals surface area contributed by atoms with Gasteiger partial charge < -0.3 is 10.6 Å². The fourth-order valence-corrected chi connectivity index (χ4v) is 2.81. The van der Waals surface area contributed by atoms with E-state index in [1.165, 1.54) is 17.7 Å². The third-order valence-electron chi connectivity index (χ3n) is 3.54. The largest absolute Gasteiger partial charge is 0.370 e. The van der Waals surface area contributed by atoms with E-state index in [2.05, 4.69) is 33.6 Å². The van der Waals surface area contributed by atoms with Gasteiger partial charge in [-0.1, -0.05) is 18.2 Å². The van der Waals surface area contributed by atoms with Gasteiger partial charge in [0, 0.05) is 30.8 Å². The maximum Gasteiger partial charge on any atom is 0.332 e. The lowest BCUT2D eigenvalue weighted by atomic mass is 9.91. The van der Waals surface area contributed by atoms with Gasteiger partial charge in [0.2, 0.25) is 0 Å². The maximum absolute atomic E-state index is 10.7. The first-order valence-electron chi connectivity index (χ1n) is 6.25. The molecule has 2 heterocycles. The Morgan fingerprint density at radius 1 is 1.33 bits per heavy atom. The zero-order valence-electron chi connectivity index (χ0n) is 10.1. The molecule has 0 fully saturated rings. The second kappa shape index (κ2) is 4.33. The Kier molecular flexibility index (Phi) is 2.66. The number of nitrogens with one attached hydrogen (secondary N) is 1. The van der Waals surface area contributed by atoms with Gasteiger partial charge in [-0.3, -0.25) is 0 Å². The van der Waals surface area contributed by atoms with E-state index in [9.17, 15) is 4.79 Å². The Balaban J connectivity index is 2.03. The first-order chi connectivity index (χ1) is 8.75. The van der Waals surface area contributed by atoms with Crippen LogP contribution >= 0.6 is 0 Å². The lowest BCUT2D eigenvalue weighted by molar-refractivity contribution is 0.249. The van der Waals surface area contributed by atoms with E-state index in [4.69, 9.17) is 5.73 Å². The van der Waals surface area contributed by atoms with Crippen LogP contribution in [0.3, 0.4) is 0 Å². The van der Waals surface area contributed by atoms with Crippen LogP contribution in [0.15, 0.2) is 23.3 Å². The summed E-state index contributed by atoms with van der Waals surface area (Å²) in [6.07, 6.45) is 3.18. The summed E-state index contributed by atoms with van der Waals surface area (Å²) in [7, 11) is 0. The number of primary amides is 1. The third-order valence-corrected chi connectivity index (χ3v) is 3.54. The molecular weight excluding hydrogens is 228 g/mol. The second-order valence-corrected chi connectivity index (χ2v) is 4.69. The van der Waals surface area contributed by atoms with E-state index < -0.39 is 6.03 Å². The molecule has 3 N–H and O–H groups in total. The van der Waals surface area contributed by atoms with Gasteiger partial charge in [-0.2, -0.15) is 5.10 Å². The normalized spacial score (nSPS) is 19.6. The number of nitrogens with two attached hydrogens (primary N) is 1. The fraction of sp³-hybridized carbons (Fsp3) is 0.385. The van der Waals surface area contributed by atoms with Crippen molar-refractivity contribution in [3.05, 3.63) is 29.3 Å². The monoisotopic (exact) mass is 244 g/mol. The summed E-state index contributed by atoms with van der Waals surface area (Å²) >= 11 is 0. The Labute approximate surface area is 106 Å². The zero-order valence-corrected chi connectivity index (χ0v) is 10.1. The number of hydrazone groups is 1. The van der Waals surface area contributed by atoms with Gasteiger partial charge >= 0.3 is 6.03 Å². The van der Waals surface area contributed by atoms with Crippen molar-refractivity contribution < 1.29 is 4.79 Å². The summed E-state index contributed by atoms with van der Waals surface area (Å²) in [5.41, 5.74) is 12.1. The average Bonchev–Trinajstić information content (AvgIpc) is 2.38. The van der Waals surface area contributed by atoms with Crippen LogP contribution in [0.5, 0.6) is 0 Å². The van der Waals surface area contributed by atoms with Crippen molar-refractivity contribution in [1.29, 1.82) is 0 Å². The number of hydrogen-bond donors (Lipinski definition) is 2. The van der Waals surface area contributed by atoms with Crippen LogP contribution in [0.25, 0.3) is 0 Å². The van der Waals surface area contributed by atoms with Gasteiger partial charge in [-0.25, -0.2) is 10.2 Å². The summed E-state index contributed by atoms with van der Waals surface area (Å²) in [5, 5.41) is 4.12. The molecule has 0 aromatic heterocycles. The molecule has 0 radical (unpaired) electrons. The highest BCUT2D eigenvalue weighted by Gasteiger charge is 2.26. The minimum atomic E-state index is -0.616. The molecule has 1 aromatic rings. The molecule has 3 rings (SSSR count). The summed E-state index contributed by atoms with van der Waals surface area (Å²) in [6, 6.07) is 5.69. The van der Waals surface area contributed by atoms with Crippen LogP contribution in [0.2, 0.25) is 0 Å². The van der Waals surface area contributed by atoms with E-state index >= 15 is 0 Å². The van der Waals surface area contributed by atoms with Gasteiger partial charge in [0.25, 0.3) is 0 Å². The minimum Gasteiger partial charge on any atom is -0.370 e. The molecule has 0 aliphatic carbocycles. The van der Waals surface area contributed by atoms with E-state index in [1.54, 1.807) is 0 Å². The Morgan fingerprint density at radius 3 is 3.06 bits per heavy atom. The lowest BCUT2D eigenvalue weighted by Crippen LogP contribution is -2.37. The van der Waals surface area contributed by atoms with Crippen LogP contribution < -0.4 is 16.1 Å². The van der Waals surface area contributed by atoms with Gasteiger partial charge in [0.15, 0.2) is 0 Å². The zero-order chi connectivity index (χ0) is 12.5. The number of benzene rings is 1. The number of urea groups is 1. The number of para-hydroxylation sites is 1. The average molecular weight is 244 g/mol. The van der Waals surface area contributed by atoms with Crippen LogP contribution in [-0.2, 0) is 6.42 Å². The summed E-state index contributed by atoms with van der Waals surface area (Å²) in [6.45, 7) is 2.07. The number of aryl methyl sites for hydroxylation is 1. The molecule has 0 saturated carbocycles. The molecule has 2 amide bonds. The van der Waals surface area contributed by atoms with Crippen molar-refractivity contribution in [2.75, 3.05) is 18.0 Å². The molecule has 0 unspecified atom stereocenters. The Morgan fingerprint density at radius 2 is 2.22 bits per heavy atom. The van der Waals surface area contributed by atoms with Crippen LogP contribution in [0.4, 0.5) is 10.5 Å². The fourth-order valence-electron chi connectivity index (χ4n) is 2.81. The highest BCUT2D eigenvalue weighted by Crippen LogP contribution is 2.34. The smallest absolute Gasteiger partial charge is 0.332 e. The molecule has 0 bridgehead atoms. The number of nitrogens with zero attached hydrogens (tertiary/aromatic N) is 2. The molecular formula is C13H16N4O. The predicted octanol–water partition coefficient (Wildman–Crippen LogP) is 1.22. The molecule has 5 nitrogen and oxygen atoms in total. The number of rotatable bonds is 1. The number of anilines is 1. The number of amides is 2. The van der Waals surface area contributed by atoms with Crippen molar-refractivity contribution >= 4 is 17.4 Å². The first kappa shape index (κ1) is 11.1. The van der Waals surface area contributed by atoms with E-state index in [0.29, 0.717) is 0 Å². The van der Waals surface area contributed by atoms with E-state index in [-0.39, 0.29) is 0 Å². The predicted molar refractivity (Wildman–Crippen MR) is 70.8 cm³/mol. The van der Waals surface area contributed by atoms with Gasteiger partial charge in [-0.05, 0) is 18.4 Å². The summed E-state index contributed by atoms with van der Waals surface area (Å²) in [4.78, 5) is 13.2. The Hall–Kier alpha value is -2.04. The molecule has 2 aliphatic rings. The molecule has 0 saturated heterocycles. The lowest BCUT2D eigenvalue weighted by Gasteiger charge is -2.37. The molecule has 1 aromatic carbocycles. The number of hydrogen-bond acceptors (Lipinski definition) is 3. The van der Waals surface area contributed by atoms with Gasteiger partial charge in [-0.15, -0.1) is 0 Å². The van der Waals surface area contributed by atoms with Crippen LogP contribution in [0, 0.1) is 0 Å². The van der Waals surface area contributed by atoms with E-state index in [1.807, 2.05) is 0 Å². The molecule has 5 heteroatoms. The number of carbonyl (C=O) groups excluding carboxylic acids is 1. The van der Waals surface area contributed by atoms with Crippen molar-refractivity contribution in [3.8, 4) is 0 Å². The first-order valence-corrected chi connectivity index (χ1v) is 6.25. The molecule has 0 atom stereocenters. The number of carbonyl (C=O) groups is 1. The van der Waals surface area contributed by atoms with Crippen molar-refractivity contribution in [1.82, 2.24) is 5.43 Å². The van der Waals surface area contributed by atoms with Crippen molar-refractivity contribution in [2.45, 2.75) is 19.3 Å². The van der Waals surface area contributed by atoms with Gasteiger partial charge in [0.05, 0.1) is 5.71 Å². The quantitative estimate of drug-likeness (QED) is 0.729. The van der Waals surface area contributed by atoms with Crippen molar-refractivity contribution in [2.24, 2.45) is 10.8 Å². The van der Waals surface area contributed by atoms with E-state index in [0.717, 1.165) is 37.2 Å². The molecule has 0 spiro atoms. The standard InChI is InChI=1S/C13H16N4O/c14-13(18)16-15-11-6-8-17-7-2-4-9-3-1-5-10(11)12(9)17/h1,3,5H,2,4,6-8H2,(H3,14,16,18)/b15-11-. The topological polar surface area (TPSA) is 70.7 Å². The summed E-state index contributed by atoms with van der Waals surface area (Å²) < 4.78 is 0. The van der Waals surface area contributed by atoms with Crippen molar-refractivity contribution in [3.63, 3.8) is 0 Å². The Bertz CT molecular complexity index is 524. The maximum atomic E-state index is 10.7. The van der Waals surface area contributed by atoms with Crippen LogP contribution in [-0.4, -0.2) is 24.8 Å². The molecule has 2 aliphatic heterocycles. The summed E-state index contributed by atoms with van der Waals surface area (Å²) in [5.74, 6) is 0. The van der Waals surface area contributed by atoms with Crippen LogP contribution in [0.1, 0.15) is 24.0 Å². The SMILES string of the molecule is NC(=O)N/N=C1/CCN2CCCc3cccc1c32. The molecule has 94 valence electrons. The second-order valence-electron chi connectivity index (χ2n) is 4.69. The highest BCUT2D eigenvalue weighted by atomic mass is 16.2.